The predicted octanol–water partition coefficient (Wildman–Crippen LogP) is 4.40. The summed E-state index contributed by atoms with van der Waals surface area (Å²) >= 11 is 7.17. The highest BCUT2D eigenvalue weighted by molar-refractivity contribution is 9.10. The van der Waals surface area contributed by atoms with E-state index in [-0.39, 0.29) is 11.5 Å². The molecule has 0 amide bonds. The summed E-state index contributed by atoms with van der Waals surface area (Å²) in [5.74, 6) is 1.57. The lowest BCUT2D eigenvalue weighted by atomic mass is 9.69. The van der Waals surface area contributed by atoms with E-state index in [0.717, 1.165) is 22.4 Å². The molecule has 0 saturated heterocycles. The van der Waals surface area contributed by atoms with Crippen molar-refractivity contribution >= 4 is 31.9 Å². The molecule has 1 aliphatic carbocycles. The number of para-hydroxylation sites is 1. The average Bonchev–Trinajstić information content (AvgIpc) is 2.30. The number of rotatable bonds is 3. The molecule has 1 aromatic carbocycles. The minimum absolute atomic E-state index is 0.153. The smallest absolute Gasteiger partial charge is 0.175 e. The third kappa shape index (κ3) is 2.34. The first-order valence-electron chi connectivity index (χ1n) is 5.60. The molecule has 1 aromatic rings. The molecule has 2 unspecified atom stereocenters. The minimum atomic E-state index is 0.153. The van der Waals surface area contributed by atoms with Gasteiger partial charge in [0.2, 0.25) is 0 Å². The van der Waals surface area contributed by atoms with Gasteiger partial charge in [-0.15, -0.1) is 0 Å². The van der Waals surface area contributed by atoms with Crippen LogP contribution in [0, 0.1) is 5.41 Å². The van der Waals surface area contributed by atoms with Gasteiger partial charge in [0, 0.05) is 10.2 Å². The highest BCUT2D eigenvalue weighted by Gasteiger charge is 2.49. The number of methoxy groups -OCH3 is 1. The van der Waals surface area contributed by atoms with Crippen molar-refractivity contribution in [2.24, 2.45) is 5.41 Å². The van der Waals surface area contributed by atoms with Crippen LogP contribution >= 0.6 is 31.9 Å². The zero-order valence-corrected chi connectivity index (χ0v) is 13.3. The summed E-state index contributed by atoms with van der Waals surface area (Å²) in [4.78, 5) is 0.522. The van der Waals surface area contributed by atoms with Crippen molar-refractivity contribution in [3.63, 3.8) is 0 Å². The van der Waals surface area contributed by atoms with E-state index in [1.54, 1.807) is 7.11 Å². The van der Waals surface area contributed by atoms with Crippen LogP contribution in [-0.4, -0.2) is 18.0 Å². The fourth-order valence-corrected chi connectivity index (χ4v) is 3.02. The fourth-order valence-electron chi connectivity index (χ4n) is 1.94. The van der Waals surface area contributed by atoms with Gasteiger partial charge in [-0.25, -0.2) is 0 Å². The number of hydrogen-bond donors (Lipinski definition) is 0. The Balaban J connectivity index is 2.20. The fraction of sp³-hybridized carbons (Fsp3) is 0.538. The van der Waals surface area contributed by atoms with Crippen LogP contribution in [0.4, 0.5) is 0 Å². The number of halogens is 2. The largest absolute Gasteiger partial charge is 0.493 e. The second-order valence-corrected chi connectivity index (χ2v) is 6.86. The Hall–Kier alpha value is -0.220. The molecule has 1 saturated carbocycles. The topological polar surface area (TPSA) is 18.5 Å². The van der Waals surface area contributed by atoms with Crippen LogP contribution < -0.4 is 9.47 Å². The highest BCUT2D eigenvalue weighted by atomic mass is 79.9. The quantitative estimate of drug-likeness (QED) is 0.741. The van der Waals surface area contributed by atoms with Gasteiger partial charge >= 0.3 is 0 Å². The van der Waals surface area contributed by atoms with Gasteiger partial charge in [-0.1, -0.05) is 35.8 Å². The van der Waals surface area contributed by atoms with Crippen LogP contribution in [0.5, 0.6) is 11.5 Å². The van der Waals surface area contributed by atoms with Gasteiger partial charge in [0.15, 0.2) is 11.5 Å². The van der Waals surface area contributed by atoms with Crippen molar-refractivity contribution in [3.05, 3.63) is 22.7 Å². The lowest BCUT2D eigenvalue weighted by molar-refractivity contribution is -0.00978. The predicted molar refractivity (Wildman–Crippen MR) is 76.2 cm³/mol. The van der Waals surface area contributed by atoms with Crippen LogP contribution in [0.2, 0.25) is 0 Å². The van der Waals surface area contributed by atoms with Gasteiger partial charge in [0.05, 0.1) is 11.6 Å². The van der Waals surface area contributed by atoms with E-state index < -0.39 is 0 Å². The SMILES string of the molecule is COc1cccc(Br)c1OC1CC(Br)C1(C)C. The van der Waals surface area contributed by atoms with E-state index in [2.05, 4.69) is 45.7 Å². The standard InChI is InChI=1S/C13H16Br2O2/c1-13(2)10(15)7-11(13)17-12-8(14)5-4-6-9(12)16-3/h4-6,10-11H,7H2,1-3H3. The van der Waals surface area contributed by atoms with Crippen molar-refractivity contribution in [1.29, 1.82) is 0 Å². The molecule has 0 bridgehead atoms. The third-order valence-electron chi connectivity index (χ3n) is 3.47. The molecule has 0 heterocycles. The Labute approximate surface area is 119 Å². The monoisotopic (exact) mass is 362 g/mol. The van der Waals surface area contributed by atoms with E-state index in [1.165, 1.54) is 0 Å². The Morgan fingerprint density at radius 1 is 1.35 bits per heavy atom. The van der Waals surface area contributed by atoms with E-state index in [9.17, 15) is 0 Å². The minimum Gasteiger partial charge on any atom is -0.493 e. The van der Waals surface area contributed by atoms with E-state index in [4.69, 9.17) is 9.47 Å². The maximum absolute atomic E-state index is 6.09. The van der Waals surface area contributed by atoms with E-state index >= 15 is 0 Å². The van der Waals surface area contributed by atoms with Crippen molar-refractivity contribution in [2.75, 3.05) is 7.11 Å². The zero-order chi connectivity index (χ0) is 12.6. The molecular weight excluding hydrogens is 348 g/mol. The molecule has 4 heteroatoms. The molecule has 0 spiro atoms. The van der Waals surface area contributed by atoms with Crippen molar-refractivity contribution < 1.29 is 9.47 Å². The molecule has 2 rings (SSSR count). The molecule has 0 aromatic heterocycles. The van der Waals surface area contributed by atoms with E-state index in [1.807, 2.05) is 18.2 Å². The van der Waals surface area contributed by atoms with Crippen LogP contribution in [0.25, 0.3) is 0 Å². The van der Waals surface area contributed by atoms with E-state index in [0.29, 0.717) is 4.83 Å². The molecule has 0 N–H and O–H groups in total. The maximum atomic E-state index is 6.09. The van der Waals surface area contributed by atoms with Gasteiger partial charge in [0.1, 0.15) is 6.10 Å². The molecule has 94 valence electrons. The Morgan fingerprint density at radius 2 is 2.06 bits per heavy atom. The summed E-state index contributed by atoms with van der Waals surface area (Å²) in [7, 11) is 1.66. The van der Waals surface area contributed by atoms with Gasteiger partial charge in [-0.2, -0.15) is 0 Å². The van der Waals surface area contributed by atoms with Crippen molar-refractivity contribution in [1.82, 2.24) is 0 Å². The first-order chi connectivity index (χ1) is 7.96. The average molecular weight is 364 g/mol. The van der Waals surface area contributed by atoms with Gasteiger partial charge in [-0.05, 0) is 34.5 Å². The molecule has 0 aliphatic heterocycles. The lowest BCUT2D eigenvalue weighted by Gasteiger charge is -2.48. The highest BCUT2D eigenvalue weighted by Crippen LogP contribution is 2.49. The van der Waals surface area contributed by atoms with Crippen molar-refractivity contribution in [3.8, 4) is 11.5 Å². The second kappa shape index (κ2) is 4.81. The number of ether oxygens (including phenoxy) is 2. The molecule has 2 nitrogen and oxygen atoms in total. The Bertz CT molecular complexity index is 418. The van der Waals surface area contributed by atoms with Gasteiger partial charge in [-0.3, -0.25) is 0 Å². The maximum Gasteiger partial charge on any atom is 0.175 e. The molecule has 17 heavy (non-hydrogen) atoms. The summed E-state index contributed by atoms with van der Waals surface area (Å²) in [6, 6.07) is 5.82. The van der Waals surface area contributed by atoms with Crippen LogP contribution in [0.1, 0.15) is 20.3 Å². The van der Waals surface area contributed by atoms with Crippen molar-refractivity contribution in [2.45, 2.75) is 31.2 Å². The number of alkyl halides is 1. The van der Waals surface area contributed by atoms with Crippen LogP contribution in [0.15, 0.2) is 22.7 Å². The number of benzene rings is 1. The molecular formula is C13H16Br2O2. The summed E-state index contributed by atoms with van der Waals surface area (Å²) < 4.78 is 12.3. The molecule has 0 radical (unpaired) electrons. The Kier molecular flexibility index (Phi) is 3.74. The summed E-state index contributed by atoms with van der Waals surface area (Å²) in [5, 5.41) is 0. The molecule has 1 aliphatic rings. The summed E-state index contributed by atoms with van der Waals surface area (Å²) in [6.45, 7) is 4.42. The molecule has 1 fully saturated rings. The summed E-state index contributed by atoms with van der Waals surface area (Å²) in [6.07, 6.45) is 1.25. The Morgan fingerprint density at radius 3 is 2.59 bits per heavy atom. The lowest BCUT2D eigenvalue weighted by Crippen LogP contribution is -2.53. The zero-order valence-electron chi connectivity index (χ0n) is 10.2. The number of hydrogen-bond acceptors (Lipinski definition) is 2. The van der Waals surface area contributed by atoms with Gasteiger partial charge in [0.25, 0.3) is 0 Å². The van der Waals surface area contributed by atoms with Crippen LogP contribution in [-0.2, 0) is 0 Å². The summed E-state index contributed by atoms with van der Waals surface area (Å²) in [5.41, 5.74) is 0.153. The normalized spacial score (nSPS) is 26.2. The van der Waals surface area contributed by atoms with Gasteiger partial charge < -0.3 is 9.47 Å². The second-order valence-electron chi connectivity index (χ2n) is 4.90. The van der Waals surface area contributed by atoms with Crippen LogP contribution in [0.3, 0.4) is 0 Å². The first kappa shape index (κ1) is 13.2. The first-order valence-corrected chi connectivity index (χ1v) is 7.31. The molecule has 2 atom stereocenters. The third-order valence-corrected chi connectivity index (χ3v) is 5.65.